The van der Waals surface area contributed by atoms with Gasteiger partial charge in [0.05, 0.1) is 18.9 Å². The zero-order chi connectivity index (χ0) is 18.0. The van der Waals surface area contributed by atoms with Crippen molar-refractivity contribution in [1.29, 1.82) is 0 Å². The topological polar surface area (TPSA) is 75.7 Å². The van der Waals surface area contributed by atoms with Gasteiger partial charge in [-0.2, -0.15) is 0 Å². The van der Waals surface area contributed by atoms with Gasteiger partial charge in [0.15, 0.2) is 0 Å². The molecule has 1 saturated heterocycles. The van der Waals surface area contributed by atoms with Crippen LogP contribution in [-0.4, -0.2) is 35.8 Å². The van der Waals surface area contributed by atoms with Gasteiger partial charge < -0.3 is 10.1 Å². The van der Waals surface area contributed by atoms with E-state index in [1.165, 1.54) is 4.90 Å². The second-order valence-corrected chi connectivity index (χ2v) is 6.79. The number of likely N-dealkylation sites (tertiary alicyclic amines) is 1. The quantitative estimate of drug-likeness (QED) is 0.828. The van der Waals surface area contributed by atoms with Crippen LogP contribution in [-0.2, 0) is 20.9 Å². The Kier molecular flexibility index (Phi) is 5.06. The highest BCUT2D eigenvalue weighted by Crippen LogP contribution is 2.38. The minimum Gasteiger partial charge on any atom is -0.497 e. The third kappa shape index (κ3) is 3.38. The molecule has 0 unspecified atom stereocenters. The van der Waals surface area contributed by atoms with Crippen molar-refractivity contribution < 1.29 is 19.1 Å². The third-order valence-corrected chi connectivity index (χ3v) is 5.24. The fourth-order valence-electron chi connectivity index (χ4n) is 3.81. The lowest BCUT2D eigenvalue weighted by molar-refractivity contribution is -0.147. The highest BCUT2D eigenvalue weighted by molar-refractivity contribution is 6.08. The van der Waals surface area contributed by atoms with E-state index in [0.717, 1.165) is 31.2 Å². The molecular formula is C19H24N2O4. The van der Waals surface area contributed by atoms with Gasteiger partial charge in [-0.05, 0) is 37.5 Å². The lowest BCUT2D eigenvalue weighted by Crippen LogP contribution is -2.48. The highest BCUT2D eigenvalue weighted by atomic mass is 16.5. The number of benzene rings is 1. The second kappa shape index (κ2) is 7.25. The molecule has 25 heavy (non-hydrogen) atoms. The number of hydrogen-bond donors (Lipinski definition) is 1. The van der Waals surface area contributed by atoms with Gasteiger partial charge in [-0.25, -0.2) is 0 Å². The van der Waals surface area contributed by atoms with Crippen LogP contribution in [0.2, 0.25) is 0 Å². The summed E-state index contributed by atoms with van der Waals surface area (Å²) in [5.41, 5.74) is 0.896. The van der Waals surface area contributed by atoms with Crippen LogP contribution in [0.4, 0.5) is 0 Å². The average Bonchev–Trinajstić information content (AvgIpc) is 2.90. The lowest BCUT2D eigenvalue weighted by Gasteiger charge is -2.22. The van der Waals surface area contributed by atoms with Crippen molar-refractivity contribution in [2.24, 2.45) is 11.8 Å². The van der Waals surface area contributed by atoms with Crippen molar-refractivity contribution in [3.63, 3.8) is 0 Å². The molecule has 3 amide bonds. The van der Waals surface area contributed by atoms with Crippen LogP contribution >= 0.6 is 0 Å². The first-order chi connectivity index (χ1) is 12.0. The number of fused-ring (bicyclic) bond motifs is 1. The van der Waals surface area contributed by atoms with Gasteiger partial charge in [-0.3, -0.25) is 19.3 Å². The van der Waals surface area contributed by atoms with Crippen LogP contribution in [0.5, 0.6) is 5.75 Å². The van der Waals surface area contributed by atoms with Gasteiger partial charge in [-0.1, -0.05) is 25.0 Å². The molecule has 1 aromatic carbocycles. The van der Waals surface area contributed by atoms with E-state index in [4.69, 9.17) is 4.74 Å². The Morgan fingerprint density at radius 2 is 1.88 bits per heavy atom. The molecular weight excluding hydrogens is 320 g/mol. The number of hydrogen-bond acceptors (Lipinski definition) is 4. The Hall–Kier alpha value is -2.37. The Balaban J connectivity index is 1.63. The molecule has 2 fully saturated rings. The Bertz CT molecular complexity index is 664. The predicted octanol–water partition coefficient (Wildman–Crippen LogP) is 1.88. The first-order valence-electron chi connectivity index (χ1n) is 8.80. The monoisotopic (exact) mass is 344 g/mol. The zero-order valence-electron chi connectivity index (χ0n) is 14.7. The number of nitrogens with zero attached hydrogens (tertiary/aromatic N) is 1. The fraction of sp³-hybridized carbons (Fsp3) is 0.526. The van der Waals surface area contributed by atoms with Crippen molar-refractivity contribution in [3.8, 4) is 5.75 Å². The number of methoxy groups -OCH3 is 1. The number of ether oxygens (including phenoxy) is 1. The van der Waals surface area contributed by atoms with Crippen molar-refractivity contribution in [2.45, 2.75) is 45.2 Å². The van der Waals surface area contributed by atoms with E-state index < -0.39 is 6.04 Å². The molecule has 134 valence electrons. The van der Waals surface area contributed by atoms with E-state index in [1.807, 2.05) is 24.3 Å². The summed E-state index contributed by atoms with van der Waals surface area (Å²) < 4.78 is 5.16. The first kappa shape index (κ1) is 17.5. The summed E-state index contributed by atoms with van der Waals surface area (Å²) in [4.78, 5) is 38.8. The van der Waals surface area contributed by atoms with Gasteiger partial charge in [-0.15, -0.1) is 0 Å². The molecule has 6 nitrogen and oxygen atoms in total. The number of carbonyl (C=O) groups excluding carboxylic acids is 3. The third-order valence-electron chi connectivity index (χ3n) is 5.24. The van der Waals surface area contributed by atoms with Gasteiger partial charge in [0.25, 0.3) is 0 Å². The molecule has 1 aromatic rings. The van der Waals surface area contributed by atoms with Crippen molar-refractivity contribution in [3.05, 3.63) is 29.8 Å². The van der Waals surface area contributed by atoms with E-state index >= 15 is 0 Å². The molecule has 3 atom stereocenters. The van der Waals surface area contributed by atoms with Crippen molar-refractivity contribution >= 4 is 17.7 Å². The molecule has 1 saturated carbocycles. The minimum absolute atomic E-state index is 0.182. The van der Waals surface area contributed by atoms with Crippen molar-refractivity contribution in [2.75, 3.05) is 7.11 Å². The lowest BCUT2D eigenvalue weighted by atomic mass is 9.81. The Morgan fingerprint density at radius 3 is 2.48 bits per heavy atom. The Morgan fingerprint density at radius 1 is 1.24 bits per heavy atom. The van der Waals surface area contributed by atoms with Crippen LogP contribution < -0.4 is 10.1 Å². The molecule has 0 bridgehead atoms. The standard InChI is InChI=1S/C19H24N2O4/c1-12(17(22)20-11-13-6-5-7-14(10-13)25-2)21-18(23)15-8-3-4-9-16(15)19(21)24/h5-7,10,12,15-16H,3-4,8-9,11H2,1-2H3,(H,20,22)/t12-,15-,16+/m1/s1. The summed E-state index contributed by atoms with van der Waals surface area (Å²) in [6.07, 6.45) is 3.46. The van der Waals surface area contributed by atoms with E-state index in [1.54, 1.807) is 14.0 Å². The molecule has 0 radical (unpaired) electrons. The van der Waals surface area contributed by atoms with Gasteiger partial charge in [0, 0.05) is 6.54 Å². The van der Waals surface area contributed by atoms with Crippen LogP contribution in [0.15, 0.2) is 24.3 Å². The minimum atomic E-state index is -0.781. The molecule has 1 heterocycles. The molecule has 3 rings (SSSR count). The summed E-state index contributed by atoms with van der Waals surface area (Å²) in [5.74, 6) is -0.417. The summed E-state index contributed by atoms with van der Waals surface area (Å²) >= 11 is 0. The predicted molar refractivity (Wildman–Crippen MR) is 91.6 cm³/mol. The van der Waals surface area contributed by atoms with Crippen LogP contribution in [0.1, 0.15) is 38.2 Å². The number of amides is 3. The normalized spacial score (nSPS) is 24.0. The highest BCUT2D eigenvalue weighted by Gasteiger charge is 2.50. The zero-order valence-corrected chi connectivity index (χ0v) is 14.7. The number of nitrogens with one attached hydrogen (secondary N) is 1. The van der Waals surface area contributed by atoms with Gasteiger partial charge >= 0.3 is 0 Å². The number of imide groups is 1. The SMILES string of the molecule is COc1cccc(CNC(=O)[C@@H](C)N2C(=O)[C@H]3CCCC[C@H]3C2=O)c1. The maximum atomic E-state index is 12.6. The van der Waals surface area contributed by atoms with E-state index in [9.17, 15) is 14.4 Å². The van der Waals surface area contributed by atoms with E-state index in [2.05, 4.69) is 5.32 Å². The molecule has 0 aromatic heterocycles. The average molecular weight is 344 g/mol. The first-order valence-corrected chi connectivity index (χ1v) is 8.80. The molecule has 1 aliphatic carbocycles. The summed E-state index contributed by atoms with van der Waals surface area (Å²) in [6.45, 7) is 1.94. The van der Waals surface area contributed by atoms with Crippen molar-refractivity contribution in [1.82, 2.24) is 10.2 Å². The van der Waals surface area contributed by atoms with Crippen LogP contribution in [0, 0.1) is 11.8 Å². The van der Waals surface area contributed by atoms with Gasteiger partial charge in [0.1, 0.15) is 11.8 Å². The number of carbonyl (C=O) groups is 3. The van der Waals surface area contributed by atoms with E-state index in [0.29, 0.717) is 12.3 Å². The Labute approximate surface area is 147 Å². The summed E-state index contributed by atoms with van der Waals surface area (Å²) in [7, 11) is 1.59. The molecule has 1 N–H and O–H groups in total. The molecule has 2 aliphatic rings. The molecule has 6 heteroatoms. The fourth-order valence-corrected chi connectivity index (χ4v) is 3.81. The van der Waals surface area contributed by atoms with Crippen LogP contribution in [0.3, 0.4) is 0 Å². The molecule has 1 aliphatic heterocycles. The maximum Gasteiger partial charge on any atom is 0.243 e. The van der Waals surface area contributed by atoms with Crippen LogP contribution in [0.25, 0.3) is 0 Å². The smallest absolute Gasteiger partial charge is 0.243 e. The summed E-state index contributed by atoms with van der Waals surface area (Å²) in [6, 6.07) is 6.62. The number of rotatable bonds is 5. The largest absolute Gasteiger partial charge is 0.497 e. The van der Waals surface area contributed by atoms with E-state index in [-0.39, 0.29) is 29.6 Å². The summed E-state index contributed by atoms with van der Waals surface area (Å²) in [5, 5.41) is 2.81. The molecule has 0 spiro atoms. The maximum absolute atomic E-state index is 12.6. The second-order valence-electron chi connectivity index (χ2n) is 6.79. The van der Waals surface area contributed by atoms with Gasteiger partial charge in [0.2, 0.25) is 17.7 Å².